The fourth-order valence-corrected chi connectivity index (χ4v) is 3.96. The normalized spacial score (nSPS) is 21.5. The van der Waals surface area contributed by atoms with Gasteiger partial charge in [0.25, 0.3) is 0 Å². The molecule has 1 aromatic rings. The molecule has 1 aromatic heterocycles. The minimum atomic E-state index is 0.637. The van der Waals surface area contributed by atoms with E-state index in [-0.39, 0.29) is 0 Å². The third-order valence-electron chi connectivity index (χ3n) is 4.97. The largest absolute Gasteiger partial charge is 0.384 e. The molecule has 0 bridgehead atoms. The number of rotatable bonds is 4. The van der Waals surface area contributed by atoms with E-state index < -0.39 is 0 Å². The third kappa shape index (κ3) is 2.39. The molecule has 0 amide bonds. The SMILES string of the molecule is CCCn1c(C2CCCC2)nc(C2CCCC2)c1N. The van der Waals surface area contributed by atoms with Gasteiger partial charge in [0.1, 0.15) is 11.6 Å². The van der Waals surface area contributed by atoms with Gasteiger partial charge in [-0.25, -0.2) is 4.98 Å². The van der Waals surface area contributed by atoms with Crippen molar-refractivity contribution in [2.45, 2.75) is 83.1 Å². The molecule has 1 heterocycles. The van der Waals surface area contributed by atoms with E-state index in [0.29, 0.717) is 11.8 Å². The van der Waals surface area contributed by atoms with E-state index in [4.69, 9.17) is 10.7 Å². The van der Waals surface area contributed by atoms with Gasteiger partial charge in [-0.2, -0.15) is 0 Å². The lowest BCUT2D eigenvalue weighted by atomic mass is 10.0. The van der Waals surface area contributed by atoms with Gasteiger partial charge >= 0.3 is 0 Å². The molecule has 0 aromatic carbocycles. The van der Waals surface area contributed by atoms with Crippen LogP contribution in [-0.4, -0.2) is 9.55 Å². The van der Waals surface area contributed by atoms with E-state index >= 15 is 0 Å². The smallest absolute Gasteiger partial charge is 0.127 e. The highest BCUT2D eigenvalue weighted by Crippen LogP contribution is 2.40. The molecule has 2 aliphatic rings. The Hall–Kier alpha value is -0.990. The van der Waals surface area contributed by atoms with Gasteiger partial charge in [0.2, 0.25) is 0 Å². The Morgan fingerprint density at radius 3 is 2.21 bits per heavy atom. The van der Waals surface area contributed by atoms with Gasteiger partial charge in [-0.1, -0.05) is 32.6 Å². The lowest BCUT2D eigenvalue weighted by Gasteiger charge is -2.13. The number of anilines is 1. The van der Waals surface area contributed by atoms with Crippen LogP contribution in [0.15, 0.2) is 0 Å². The van der Waals surface area contributed by atoms with Crippen molar-refractivity contribution in [3.8, 4) is 0 Å². The van der Waals surface area contributed by atoms with Crippen molar-refractivity contribution in [3.63, 3.8) is 0 Å². The molecule has 19 heavy (non-hydrogen) atoms. The van der Waals surface area contributed by atoms with Gasteiger partial charge in [0.05, 0.1) is 5.69 Å². The second kappa shape index (κ2) is 5.56. The topological polar surface area (TPSA) is 43.8 Å². The van der Waals surface area contributed by atoms with E-state index in [1.54, 1.807) is 0 Å². The van der Waals surface area contributed by atoms with Crippen LogP contribution in [0, 0.1) is 0 Å². The van der Waals surface area contributed by atoms with Crippen molar-refractivity contribution in [2.24, 2.45) is 0 Å². The maximum atomic E-state index is 6.44. The van der Waals surface area contributed by atoms with Crippen LogP contribution < -0.4 is 5.73 Å². The Morgan fingerprint density at radius 2 is 1.63 bits per heavy atom. The zero-order chi connectivity index (χ0) is 13.2. The molecule has 2 fully saturated rings. The van der Waals surface area contributed by atoms with Crippen molar-refractivity contribution in [3.05, 3.63) is 11.5 Å². The maximum absolute atomic E-state index is 6.44. The Balaban J connectivity index is 1.94. The number of hydrogen-bond donors (Lipinski definition) is 1. The number of nitrogens with two attached hydrogens (primary N) is 1. The molecule has 0 spiro atoms. The summed E-state index contributed by atoms with van der Waals surface area (Å²) in [6.07, 6.45) is 11.8. The molecule has 2 aliphatic carbocycles. The summed E-state index contributed by atoms with van der Waals surface area (Å²) in [5.41, 5.74) is 7.67. The van der Waals surface area contributed by atoms with E-state index in [2.05, 4.69) is 11.5 Å². The summed E-state index contributed by atoms with van der Waals surface area (Å²) in [5, 5.41) is 0. The average Bonchev–Trinajstić information content (AvgIpc) is 3.11. The molecular formula is C16H27N3. The fourth-order valence-electron chi connectivity index (χ4n) is 3.96. The molecule has 0 aliphatic heterocycles. The molecular weight excluding hydrogens is 234 g/mol. The molecule has 0 saturated heterocycles. The van der Waals surface area contributed by atoms with Gasteiger partial charge in [-0.05, 0) is 32.1 Å². The summed E-state index contributed by atoms with van der Waals surface area (Å²) < 4.78 is 2.34. The second-order valence-electron chi connectivity index (χ2n) is 6.35. The highest BCUT2D eigenvalue weighted by Gasteiger charge is 2.29. The number of nitrogens with zero attached hydrogens (tertiary/aromatic N) is 2. The predicted molar refractivity (Wildman–Crippen MR) is 79.3 cm³/mol. The average molecular weight is 261 g/mol. The minimum Gasteiger partial charge on any atom is -0.384 e. The van der Waals surface area contributed by atoms with Gasteiger partial charge in [0.15, 0.2) is 0 Å². The van der Waals surface area contributed by atoms with Crippen molar-refractivity contribution in [2.75, 3.05) is 5.73 Å². The fraction of sp³-hybridized carbons (Fsp3) is 0.812. The van der Waals surface area contributed by atoms with Gasteiger partial charge in [-0.3, -0.25) is 0 Å². The van der Waals surface area contributed by atoms with Crippen molar-refractivity contribution in [1.29, 1.82) is 0 Å². The standard InChI is InChI=1S/C16H27N3/c1-2-11-19-15(17)14(12-7-3-4-8-12)18-16(19)13-9-5-6-10-13/h12-13H,2-11,17H2,1H3. The van der Waals surface area contributed by atoms with E-state index in [9.17, 15) is 0 Å². The monoisotopic (exact) mass is 261 g/mol. The summed E-state index contributed by atoms with van der Waals surface area (Å²) in [6.45, 7) is 3.27. The van der Waals surface area contributed by atoms with Crippen molar-refractivity contribution in [1.82, 2.24) is 9.55 Å². The lowest BCUT2D eigenvalue weighted by Crippen LogP contribution is -2.09. The van der Waals surface area contributed by atoms with Gasteiger partial charge in [0, 0.05) is 18.4 Å². The number of imidazole rings is 1. The summed E-state index contributed by atoms with van der Waals surface area (Å²) in [7, 11) is 0. The van der Waals surface area contributed by atoms with Gasteiger partial charge < -0.3 is 10.3 Å². The first-order valence-electron chi connectivity index (χ1n) is 8.17. The Morgan fingerprint density at radius 1 is 1.05 bits per heavy atom. The first-order chi connectivity index (χ1) is 9.31. The second-order valence-corrected chi connectivity index (χ2v) is 6.35. The Bertz CT molecular complexity index is 423. The van der Waals surface area contributed by atoms with Crippen LogP contribution in [0.25, 0.3) is 0 Å². The summed E-state index contributed by atoms with van der Waals surface area (Å²) in [6, 6.07) is 0. The molecule has 3 heteroatoms. The number of aromatic nitrogens is 2. The minimum absolute atomic E-state index is 0.637. The zero-order valence-electron chi connectivity index (χ0n) is 12.2. The summed E-state index contributed by atoms with van der Waals surface area (Å²) >= 11 is 0. The predicted octanol–water partition coefficient (Wildman–Crippen LogP) is 4.19. The Kier molecular flexibility index (Phi) is 3.81. The van der Waals surface area contributed by atoms with Crippen LogP contribution in [0.4, 0.5) is 5.82 Å². The molecule has 2 N–H and O–H groups in total. The Labute approximate surface area is 116 Å². The molecule has 3 nitrogen and oxygen atoms in total. The van der Waals surface area contributed by atoms with E-state index in [0.717, 1.165) is 18.8 Å². The molecule has 0 radical (unpaired) electrons. The highest BCUT2D eigenvalue weighted by molar-refractivity contribution is 5.42. The van der Waals surface area contributed by atoms with Crippen molar-refractivity contribution >= 4 is 5.82 Å². The lowest BCUT2D eigenvalue weighted by molar-refractivity contribution is 0.578. The number of nitrogen functional groups attached to an aromatic ring is 1. The van der Waals surface area contributed by atoms with E-state index in [1.165, 1.54) is 62.9 Å². The van der Waals surface area contributed by atoms with Crippen molar-refractivity contribution < 1.29 is 0 Å². The van der Waals surface area contributed by atoms with Crippen LogP contribution in [0.2, 0.25) is 0 Å². The van der Waals surface area contributed by atoms with Gasteiger partial charge in [-0.15, -0.1) is 0 Å². The quantitative estimate of drug-likeness (QED) is 0.883. The molecule has 2 saturated carbocycles. The molecule has 106 valence electrons. The van der Waals surface area contributed by atoms with Crippen LogP contribution in [-0.2, 0) is 6.54 Å². The summed E-state index contributed by atoms with van der Waals surface area (Å²) in [4.78, 5) is 5.03. The number of hydrogen-bond acceptors (Lipinski definition) is 2. The zero-order valence-corrected chi connectivity index (χ0v) is 12.2. The first-order valence-corrected chi connectivity index (χ1v) is 8.17. The van der Waals surface area contributed by atoms with Crippen LogP contribution in [0.5, 0.6) is 0 Å². The highest BCUT2D eigenvalue weighted by atomic mass is 15.1. The molecule has 3 rings (SSSR count). The van der Waals surface area contributed by atoms with Crippen LogP contribution in [0.1, 0.15) is 88.1 Å². The van der Waals surface area contributed by atoms with E-state index in [1.807, 2.05) is 0 Å². The third-order valence-corrected chi connectivity index (χ3v) is 4.97. The molecule has 0 atom stereocenters. The first kappa shape index (κ1) is 13.0. The molecule has 0 unspecified atom stereocenters. The summed E-state index contributed by atoms with van der Waals surface area (Å²) in [5.74, 6) is 3.59. The van der Waals surface area contributed by atoms with Crippen LogP contribution in [0.3, 0.4) is 0 Å². The maximum Gasteiger partial charge on any atom is 0.127 e. The van der Waals surface area contributed by atoms with Crippen LogP contribution >= 0.6 is 0 Å².